The van der Waals surface area contributed by atoms with Gasteiger partial charge in [-0.05, 0) is 22.0 Å². The number of nitrogens with zero attached hydrogens (tertiary/aromatic N) is 3. The van der Waals surface area contributed by atoms with Crippen LogP contribution in [0.1, 0.15) is 5.56 Å². The molecule has 0 aliphatic carbocycles. The summed E-state index contributed by atoms with van der Waals surface area (Å²) in [6.45, 7) is 0.691. The lowest BCUT2D eigenvalue weighted by Crippen LogP contribution is -2.03. The van der Waals surface area contributed by atoms with Crippen LogP contribution in [-0.2, 0) is 13.6 Å². The first-order valence-corrected chi connectivity index (χ1v) is 4.86. The van der Waals surface area contributed by atoms with Gasteiger partial charge < -0.3 is 9.73 Å². The number of anilines is 1. The third kappa shape index (κ3) is 1.95. The summed E-state index contributed by atoms with van der Waals surface area (Å²) in [4.78, 5) is 0. The summed E-state index contributed by atoms with van der Waals surface area (Å²) in [6.07, 6.45) is 3.37. The fourth-order valence-electron chi connectivity index (χ4n) is 1.08. The molecule has 0 aliphatic heterocycles. The van der Waals surface area contributed by atoms with Crippen molar-refractivity contribution in [1.82, 2.24) is 15.0 Å². The maximum Gasteiger partial charge on any atom is 0.169 e. The Bertz CT molecular complexity index is 422. The molecule has 0 aromatic carbocycles. The van der Waals surface area contributed by atoms with Crippen molar-refractivity contribution >= 4 is 21.7 Å². The molecule has 0 aliphatic rings. The predicted octanol–water partition coefficient (Wildman–Crippen LogP) is 1.78. The van der Waals surface area contributed by atoms with Gasteiger partial charge in [0.1, 0.15) is 5.82 Å². The van der Waals surface area contributed by atoms with Crippen LogP contribution in [0.15, 0.2) is 27.6 Å². The van der Waals surface area contributed by atoms with Gasteiger partial charge in [0.2, 0.25) is 0 Å². The summed E-state index contributed by atoms with van der Waals surface area (Å²) < 4.78 is 7.51. The summed E-state index contributed by atoms with van der Waals surface area (Å²) in [7, 11) is 1.83. The third-order valence-electron chi connectivity index (χ3n) is 1.81. The van der Waals surface area contributed by atoms with E-state index in [2.05, 4.69) is 31.6 Å². The quantitative estimate of drug-likeness (QED) is 0.910. The highest BCUT2D eigenvalue weighted by molar-refractivity contribution is 9.10. The maximum atomic E-state index is 5.10. The number of halogens is 1. The maximum absolute atomic E-state index is 5.10. The average Bonchev–Trinajstić information content (AvgIpc) is 2.72. The molecule has 1 N–H and O–H groups in total. The SMILES string of the molecule is Cn1nncc1NCc1coc(Br)c1. The minimum atomic E-state index is 0.691. The van der Waals surface area contributed by atoms with Gasteiger partial charge in [0.15, 0.2) is 4.67 Å². The van der Waals surface area contributed by atoms with Crippen molar-refractivity contribution in [2.24, 2.45) is 7.05 Å². The lowest BCUT2D eigenvalue weighted by Gasteiger charge is -2.02. The Morgan fingerprint density at radius 2 is 2.50 bits per heavy atom. The molecular formula is C8H9BrN4O. The molecule has 5 nitrogen and oxygen atoms in total. The molecule has 0 saturated carbocycles. The van der Waals surface area contributed by atoms with Crippen molar-refractivity contribution in [3.05, 3.63) is 28.8 Å². The number of furan rings is 1. The van der Waals surface area contributed by atoms with Gasteiger partial charge in [-0.25, -0.2) is 4.68 Å². The molecule has 0 amide bonds. The zero-order chi connectivity index (χ0) is 9.97. The second-order valence-electron chi connectivity index (χ2n) is 2.86. The van der Waals surface area contributed by atoms with Crippen molar-refractivity contribution < 1.29 is 4.42 Å². The number of aryl methyl sites for hydroxylation is 1. The Hall–Kier alpha value is -1.30. The third-order valence-corrected chi connectivity index (χ3v) is 2.23. The van der Waals surface area contributed by atoms with Crippen LogP contribution in [0, 0.1) is 0 Å². The largest absolute Gasteiger partial charge is 0.457 e. The van der Waals surface area contributed by atoms with Crippen molar-refractivity contribution in [2.45, 2.75) is 6.54 Å². The van der Waals surface area contributed by atoms with Crippen LogP contribution in [0.2, 0.25) is 0 Å². The smallest absolute Gasteiger partial charge is 0.169 e. The molecular weight excluding hydrogens is 248 g/mol. The topological polar surface area (TPSA) is 55.9 Å². The normalized spacial score (nSPS) is 10.4. The first kappa shape index (κ1) is 9.26. The Labute approximate surface area is 89.2 Å². The fraction of sp³-hybridized carbons (Fsp3) is 0.250. The molecule has 0 radical (unpaired) electrons. The molecule has 2 rings (SSSR count). The van der Waals surface area contributed by atoms with E-state index in [-0.39, 0.29) is 0 Å². The Balaban J connectivity index is 1.98. The zero-order valence-electron chi connectivity index (χ0n) is 7.57. The van der Waals surface area contributed by atoms with Gasteiger partial charge in [-0.3, -0.25) is 0 Å². The highest BCUT2D eigenvalue weighted by atomic mass is 79.9. The van der Waals surface area contributed by atoms with Gasteiger partial charge in [0.05, 0.1) is 12.5 Å². The van der Waals surface area contributed by atoms with Crippen molar-refractivity contribution in [2.75, 3.05) is 5.32 Å². The van der Waals surface area contributed by atoms with E-state index >= 15 is 0 Å². The van der Waals surface area contributed by atoms with Crippen molar-refractivity contribution in [3.63, 3.8) is 0 Å². The van der Waals surface area contributed by atoms with Gasteiger partial charge in [0, 0.05) is 19.2 Å². The van der Waals surface area contributed by atoms with Crippen LogP contribution in [0.4, 0.5) is 5.82 Å². The summed E-state index contributed by atoms with van der Waals surface area (Å²) in [5.41, 5.74) is 1.07. The lowest BCUT2D eigenvalue weighted by atomic mass is 10.3. The molecule has 0 atom stereocenters. The molecule has 0 spiro atoms. The molecule has 0 fully saturated rings. The van der Waals surface area contributed by atoms with E-state index in [0.29, 0.717) is 6.54 Å². The highest BCUT2D eigenvalue weighted by Crippen LogP contribution is 2.15. The highest BCUT2D eigenvalue weighted by Gasteiger charge is 2.01. The summed E-state index contributed by atoms with van der Waals surface area (Å²) in [5, 5.41) is 10.7. The molecule has 0 unspecified atom stereocenters. The monoisotopic (exact) mass is 256 g/mol. The molecule has 14 heavy (non-hydrogen) atoms. The molecule has 0 saturated heterocycles. The summed E-state index contributed by atoms with van der Waals surface area (Å²) in [5.74, 6) is 0.877. The number of aromatic nitrogens is 3. The van der Waals surface area contributed by atoms with E-state index < -0.39 is 0 Å². The summed E-state index contributed by atoms with van der Waals surface area (Å²) in [6, 6.07) is 1.91. The number of nitrogens with one attached hydrogen (secondary N) is 1. The van der Waals surface area contributed by atoms with Gasteiger partial charge in [-0.15, -0.1) is 5.10 Å². The Kier molecular flexibility index (Phi) is 2.53. The zero-order valence-corrected chi connectivity index (χ0v) is 9.15. The summed E-state index contributed by atoms with van der Waals surface area (Å²) >= 11 is 3.24. The molecule has 2 aromatic heterocycles. The fourth-order valence-corrected chi connectivity index (χ4v) is 1.47. The van der Waals surface area contributed by atoms with Crippen LogP contribution in [0.3, 0.4) is 0 Å². The minimum absolute atomic E-state index is 0.691. The van der Waals surface area contributed by atoms with E-state index in [1.807, 2.05) is 13.1 Å². The molecule has 74 valence electrons. The van der Waals surface area contributed by atoms with Crippen LogP contribution in [0.25, 0.3) is 0 Å². The van der Waals surface area contributed by atoms with Crippen LogP contribution >= 0.6 is 15.9 Å². The number of hydrogen-bond acceptors (Lipinski definition) is 4. The number of rotatable bonds is 3. The second kappa shape index (κ2) is 3.83. The molecule has 6 heteroatoms. The van der Waals surface area contributed by atoms with Crippen molar-refractivity contribution in [3.8, 4) is 0 Å². The van der Waals surface area contributed by atoms with Gasteiger partial charge in [0.25, 0.3) is 0 Å². The minimum Gasteiger partial charge on any atom is -0.457 e. The first-order chi connectivity index (χ1) is 6.75. The van der Waals surface area contributed by atoms with E-state index in [9.17, 15) is 0 Å². The number of hydrogen-bond donors (Lipinski definition) is 1. The van der Waals surface area contributed by atoms with Crippen LogP contribution < -0.4 is 5.32 Å². The first-order valence-electron chi connectivity index (χ1n) is 4.07. The van der Waals surface area contributed by atoms with Crippen LogP contribution in [0.5, 0.6) is 0 Å². The van der Waals surface area contributed by atoms with Gasteiger partial charge in [-0.1, -0.05) is 5.21 Å². The predicted molar refractivity (Wildman–Crippen MR) is 54.7 cm³/mol. The van der Waals surface area contributed by atoms with E-state index in [0.717, 1.165) is 16.1 Å². The average molecular weight is 257 g/mol. The van der Waals surface area contributed by atoms with Gasteiger partial charge in [-0.2, -0.15) is 0 Å². The van der Waals surface area contributed by atoms with Gasteiger partial charge >= 0.3 is 0 Å². The Morgan fingerprint density at radius 3 is 3.07 bits per heavy atom. The Morgan fingerprint density at radius 1 is 1.64 bits per heavy atom. The van der Waals surface area contributed by atoms with Crippen LogP contribution in [-0.4, -0.2) is 15.0 Å². The van der Waals surface area contributed by atoms with E-state index in [1.54, 1.807) is 17.1 Å². The molecule has 2 heterocycles. The van der Waals surface area contributed by atoms with E-state index in [4.69, 9.17) is 4.42 Å². The van der Waals surface area contributed by atoms with E-state index in [1.165, 1.54) is 0 Å². The van der Waals surface area contributed by atoms with Crippen molar-refractivity contribution in [1.29, 1.82) is 0 Å². The second-order valence-corrected chi connectivity index (χ2v) is 3.64. The standard InChI is InChI=1S/C8H9BrN4O/c1-13-8(4-11-12-13)10-3-6-2-7(9)14-5-6/h2,4-5,10H,3H2,1H3. The molecule has 2 aromatic rings. The lowest BCUT2D eigenvalue weighted by molar-refractivity contribution is 0.539. The molecule has 0 bridgehead atoms.